The summed E-state index contributed by atoms with van der Waals surface area (Å²) in [4.78, 5) is 4.33. The smallest absolute Gasteiger partial charge is 0.213 e. The largest absolute Gasteiger partial charge is 0.491 e. The summed E-state index contributed by atoms with van der Waals surface area (Å²) >= 11 is 0. The maximum absolute atomic E-state index is 5.86. The van der Waals surface area contributed by atoms with Gasteiger partial charge in [0.15, 0.2) is 0 Å². The first-order valence-corrected chi connectivity index (χ1v) is 8.31. The van der Waals surface area contributed by atoms with Crippen LogP contribution < -0.4 is 9.47 Å². The molecule has 0 fully saturated rings. The Kier molecular flexibility index (Phi) is 6.70. The third-order valence-corrected chi connectivity index (χ3v) is 3.24. The molecule has 0 aliphatic heterocycles. The van der Waals surface area contributed by atoms with Gasteiger partial charge in [0.1, 0.15) is 5.75 Å². The number of hydrogen-bond acceptors (Lipinski definition) is 3. The average Bonchev–Trinajstić information content (AvgIpc) is 2.35. The number of hydrogen-bond donors (Lipinski definition) is 0. The Hall–Kier alpha value is -1.25. The van der Waals surface area contributed by atoms with Crippen molar-refractivity contribution < 1.29 is 9.47 Å². The Morgan fingerprint density at radius 1 is 1.05 bits per heavy atom. The minimum absolute atomic E-state index is 0.150. The van der Waals surface area contributed by atoms with Crippen LogP contribution in [0.2, 0.25) is 0 Å². The van der Waals surface area contributed by atoms with E-state index in [-0.39, 0.29) is 11.5 Å². The van der Waals surface area contributed by atoms with Crippen LogP contribution in [0.3, 0.4) is 0 Å². The van der Waals surface area contributed by atoms with Gasteiger partial charge in [0.25, 0.3) is 0 Å². The van der Waals surface area contributed by atoms with Crippen LogP contribution in [0.1, 0.15) is 67.7 Å². The molecule has 0 bridgehead atoms. The first-order chi connectivity index (χ1) is 10.1. The van der Waals surface area contributed by atoms with E-state index < -0.39 is 0 Å². The summed E-state index contributed by atoms with van der Waals surface area (Å²) in [5.74, 6) is 1.47. The Balaban J connectivity index is 2.37. The zero-order chi connectivity index (χ0) is 16.8. The zero-order valence-corrected chi connectivity index (χ0v) is 15.4. The van der Waals surface area contributed by atoms with E-state index in [0.29, 0.717) is 17.9 Å². The van der Waals surface area contributed by atoms with Crippen LogP contribution in [-0.4, -0.2) is 17.7 Å². The fourth-order valence-electron chi connectivity index (χ4n) is 2.01. The van der Waals surface area contributed by atoms with Gasteiger partial charge in [0.05, 0.1) is 18.9 Å². The SMILES string of the molecule is CC(CCCC(C)(C)C)Oc1ccc(OCC(C)(C)C)cn1. The number of pyridine rings is 1. The van der Waals surface area contributed by atoms with Crippen molar-refractivity contribution in [1.82, 2.24) is 4.98 Å². The van der Waals surface area contributed by atoms with Gasteiger partial charge in [0.2, 0.25) is 5.88 Å². The molecule has 0 aromatic carbocycles. The van der Waals surface area contributed by atoms with Gasteiger partial charge in [-0.3, -0.25) is 0 Å². The molecule has 0 spiro atoms. The second-order valence-corrected chi connectivity index (χ2v) is 8.56. The Labute approximate surface area is 136 Å². The van der Waals surface area contributed by atoms with Crippen LogP contribution in [0, 0.1) is 10.8 Å². The highest BCUT2D eigenvalue weighted by atomic mass is 16.5. The van der Waals surface area contributed by atoms with Crippen LogP contribution in [0.4, 0.5) is 0 Å². The van der Waals surface area contributed by atoms with Crippen molar-refractivity contribution in [1.29, 1.82) is 0 Å². The molecule has 1 aromatic rings. The fraction of sp³-hybridized carbons (Fsp3) is 0.737. The van der Waals surface area contributed by atoms with E-state index in [0.717, 1.165) is 12.2 Å². The third kappa shape index (κ3) is 8.91. The van der Waals surface area contributed by atoms with Crippen molar-refractivity contribution in [3.05, 3.63) is 18.3 Å². The molecule has 1 atom stereocenters. The molecule has 1 heterocycles. The maximum atomic E-state index is 5.86. The van der Waals surface area contributed by atoms with Gasteiger partial charge in [-0.2, -0.15) is 0 Å². The summed E-state index contributed by atoms with van der Waals surface area (Å²) in [5.41, 5.74) is 0.542. The van der Waals surface area contributed by atoms with E-state index >= 15 is 0 Å². The third-order valence-electron chi connectivity index (χ3n) is 3.24. The van der Waals surface area contributed by atoms with E-state index in [1.807, 2.05) is 12.1 Å². The van der Waals surface area contributed by atoms with E-state index in [9.17, 15) is 0 Å². The van der Waals surface area contributed by atoms with E-state index in [1.165, 1.54) is 12.8 Å². The van der Waals surface area contributed by atoms with Crippen LogP contribution in [0.25, 0.3) is 0 Å². The molecule has 1 aromatic heterocycles. The quantitative estimate of drug-likeness (QED) is 0.667. The molecule has 0 saturated heterocycles. The predicted molar refractivity (Wildman–Crippen MR) is 92.6 cm³/mol. The highest BCUT2D eigenvalue weighted by Crippen LogP contribution is 2.23. The number of aromatic nitrogens is 1. The second-order valence-electron chi connectivity index (χ2n) is 8.56. The van der Waals surface area contributed by atoms with Crippen LogP contribution in [-0.2, 0) is 0 Å². The number of rotatable bonds is 7. The average molecular weight is 307 g/mol. The van der Waals surface area contributed by atoms with Crippen LogP contribution in [0.15, 0.2) is 18.3 Å². The van der Waals surface area contributed by atoms with Crippen molar-refractivity contribution in [2.45, 2.75) is 73.8 Å². The molecule has 1 unspecified atom stereocenters. The lowest BCUT2D eigenvalue weighted by molar-refractivity contribution is 0.186. The minimum atomic E-state index is 0.150. The lowest BCUT2D eigenvalue weighted by Crippen LogP contribution is -2.17. The molecular weight excluding hydrogens is 274 g/mol. The highest BCUT2D eigenvalue weighted by Gasteiger charge is 2.13. The van der Waals surface area contributed by atoms with Crippen molar-refractivity contribution in [3.8, 4) is 11.6 Å². The molecule has 3 nitrogen and oxygen atoms in total. The second kappa shape index (κ2) is 7.85. The lowest BCUT2D eigenvalue weighted by Gasteiger charge is -2.20. The summed E-state index contributed by atoms with van der Waals surface area (Å²) < 4.78 is 11.6. The molecule has 0 aliphatic carbocycles. The van der Waals surface area contributed by atoms with Gasteiger partial charge in [-0.15, -0.1) is 0 Å². The zero-order valence-electron chi connectivity index (χ0n) is 15.4. The topological polar surface area (TPSA) is 31.4 Å². The summed E-state index contributed by atoms with van der Waals surface area (Å²) in [6.07, 6.45) is 5.38. The molecule has 0 aliphatic rings. The first kappa shape index (κ1) is 18.8. The molecule has 1 rings (SSSR count). The minimum Gasteiger partial charge on any atom is -0.491 e. The lowest BCUT2D eigenvalue weighted by atomic mass is 9.89. The predicted octanol–water partition coefficient (Wildman–Crippen LogP) is 5.49. The molecule has 0 radical (unpaired) electrons. The standard InChI is InChI=1S/C19H33NO2/c1-15(9-8-12-18(2,3)4)22-17-11-10-16(13-20-17)21-14-19(5,6)7/h10-11,13,15H,8-9,12,14H2,1-7H3. The van der Waals surface area contributed by atoms with Crippen molar-refractivity contribution in [2.75, 3.05) is 6.61 Å². The number of ether oxygens (including phenoxy) is 2. The van der Waals surface area contributed by atoms with E-state index in [1.54, 1.807) is 6.20 Å². The van der Waals surface area contributed by atoms with Gasteiger partial charge in [-0.05, 0) is 43.1 Å². The highest BCUT2D eigenvalue weighted by molar-refractivity contribution is 5.23. The van der Waals surface area contributed by atoms with Gasteiger partial charge >= 0.3 is 0 Å². The number of nitrogens with zero attached hydrogens (tertiary/aromatic N) is 1. The molecule has 126 valence electrons. The Bertz CT molecular complexity index is 426. The first-order valence-electron chi connectivity index (χ1n) is 8.31. The molecule has 0 saturated carbocycles. The molecule has 3 heteroatoms. The van der Waals surface area contributed by atoms with Crippen molar-refractivity contribution in [2.24, 2.45) is 10.8 Å². The molecule has 0 amide bonds. The Morgan fingerprint density at radius 3 is 2.23 bits per heavy atom. The van der Waals surface area contributed by atoms with Gasteiger partial charge in [0, 0.05) is 6.07 Å². The van der Waals surface area contributed by atoms with Crippen molar-refractivity contribution in [3.63, 3.8) is 0 Å². The maximum Gasteiger partial charge on any atom is 0.213 e. The van der Waals surface area contributed by atoms with Gasteiger partial charge in [-0.25, -0.2) is 4.98 Å². The normalized spacial score (nSPS) is 13.8. The van der Waals surface area contributed by atoms with Gasteiger partial charge in [-0.1, -0.05) is 41.5 Å². The summed E-state index contributed by atoms with van der Waals surface area (Å²) in [6.45, 7) is 16.1. The summed E-state index contributed by atoms with van der Waals surface area (Å²) in [6, 6.07) is 3.81. The molecule has 22 heavy (non-hydrogen) atoms. The molecule has 0 N–H and O–H groups in total. The Morgan fingerprint density at radius 2 is 1.73 bits per heavy atom. The van der Waals surface area contributed by atoms with E-state index in [2.05, 4.69) is 53.5 Å². The molecular formula is C19H33NO2. The fourth-order valence-corrected chi connectivity index (χ4v) is 2.01. The van der Waals surface area contributed by atoms with E-state index in [4.69, 9.17) is 9.47 Å². The summed E-state index contributed by atoms with van der Waals surface area (Å²) in [7, 11) is 0. The van der Waals surface area contributed by atoms with Crippen LogP contribution in [0.5, 0.6) is 11.6 Å². The van der Waals surface area contributed by atoms with Crippen molar-refractivity contribution >= 4 is 0 Å². The van der Waals surface area contributed by atoms with Gasteiger partial charge < -0.3 is 9.47 Å². The monoisotopic (exact) mass is 307 g/mol. The summed E-state index contributed by atoms with van der Waals surface area (Å²) in [5, 5.41) is 0. The van der Waals surface area contributed by atoms with Crippen LogP contribution >= 0.6 is 0 Å².